The van der Waals surface area contributed by atoms with Crippen LogP contribution in [0.5, 0.6) is 0 Å². The lowest BCUT2D eigenvalue weighted by Gasteiger charge is -2.40. The van der Waals surface area contributed by atoms with Crippen LogP contribution in [0.4, 0.5) is 0 Å². The molecule has 0 radical (unpaired) electrons. The third-order valence-electron chi connectivity index (χ3n) is 4.92. The molecule has 0 aromatic heterocycles. The molecule has 0 aromatic rings. The molecule has 1 amide bonds. The van der Waals surface area contributed by atoms with Crippen LogP contribution >= 0.6 is 0 Å². The molecule has 0 aliphatic carbocycles. The molecule has 1 N–H and O–H groups in total. The van der Waals surface area contributed by atoms with Gasteiger partial charge in [0.2, 0.25) is 5.91 Å². The number of hydrogen-bond acceptors (Lipinski definition) is 3. The van der Waals surface area contributed by atoms with E-state index < -0.39 is 8.32 Å². The average molecular weight is 284 g/mol. The fourth-order valence-electron chi connectivity index (χ4n) is 2.59. The minimum Gasteiger partial charge on any atom is -0.415 e. The number of fused-ring (bicyclic) bond motifs is 1. The van der Waals surface area contributed by atoms with E-state index in [-0.39, 0.29) is 23.0 Å². The van der Waals surface area contributed by atoms with E-state index in [2.05, 4.69) is 44.1 Å². The molecule has 19 heavy (non-hydrogen) atoms. The average Bonchev–Trinajstić information content (AvgIpc) is 2.73. The summed E-state index contributed by atoms with van der Waals surface area (Å²) >= 11 is 0. The van der Waals surface area contributed by atoms with Crippen molar-refractivity contribution in [2.45, 2.75) is 63.8 Å². The zero-order chi connectivity index (χ0) is 14.3. The van der Waals surface area contributed by atoms with Gasteiger partial charge in [0.05, 0.1) is 18.7 Å². The van der Waals surface area contributed by atoms with E-state index in [4.69, 9.17) is 4.43 Å². The van der Waals surface area contributed by atoms with Gasteiger partial charge in [0.25, 0.3) is 0 Å². The molecule has 2 rings (SSSR count). The van der Waals surface area contributed by atoms with E-state index in [1.54, 1.807) is 0 Å². The van der Waals surface area contributed by atoms with Gasteiger partial charge in [0.1, 0.15) is 0 Å². The summed E-state index contributed by atoms with van der Waals surface area (Å²) in [5.41, 5.74) is 0. The molecule has 0 spiro atoms. The first-order chi connectivity index (χ1) is 8.71. The van der Waals surface area contributed by atoms with Gasteiger partial charge in [-0.3, -0.25) is 9.69 Å². The summed E-state index contributed by atoms with van der Waals surface area (Å²) in [7, 11) is -1.71. The predicted molar refractivity (Wildman–Crippen MR) is 79.7 cm³/mol. The molecule has 2 saturated heterocycles. The molecule has 2 fully saturated rings. The maximum atomic E-state index is 12.0. The van der Waals surface area contributed by atoms with Crippen LogP contribution in [-0.4, -0.2) is 50.9 Å². The van der Waals surface area contributed by atoms with Crippen molar-refractivity contribution in [3.05, 3.63) is 0 Å². The normalized spacial score (nSPS) is 29.2. The Morgan fingerprint density at radius 2 is 2.11 bits per heavy atom. The van der Waals surface area contributed by atoms with E-state index in [0.29, 0.717) is 6.61 Å². The monoisotopic (exact) mass is 284 g/mol. The number of carbonyl (C=O) groups is 1. The van der Waals surface area contributed by atoms with E-state index in [1.165, 1.54) is 0 Å². The molecule has 2 unspecified atom stereocenters. The van der Waals surface area contributed by atoms with Crippen molar-refractivity contribution >= 4 is 14.2 Å². The van der Waals surface area contributed by atoms with Crippen LogP contribution in [0.15, 0.2) is 0 Å². The van der Waals surface area contributed by atoms with Crippen molar-refractivity contribution in [2.75, 3.05) is 19.7 Å². The zero-order valence-corrected chi connectivity index (χ0v) is 14.0. The Labute approximate surface area is 118 Å². The maximum absolute atomic E-state index is 12.0. The highest BCUT2D eigenvalue weighted by Gasteiger charge is 2.40. The number of nitrogens with one attached hydrogen (secondary N) is 1. The SMILES string of the molecule is CC(C)(C)[Si](C)(C)OCC1CN2CCCC2C(=O)N1. The van der Waals surface area contributed by atoms with E-state index >= 15 is 0 Å². The van der Waals surface area contributed by atoms with Crippen molar-refractivity contribution in [1.29, 1.82) is 0 Å². The first-order valence-corrected chi connectivity index (χ1v) is 10.3. The maximum Gasteiger partial charge on any atom is 0.237 e. The zero-order valence-electron chi connectivity index (χ0n) is 13.0. The predicted octanol–water partition coefficient (Wildman–Crippen LogP) is 1.97. The summed E-state index contributed by atoms with van der Waals surface area (Å²) in [4.78, 5) is 14.3. The molecule has 2 aliphatic rings. The second kappa shape index (κ2) is 5.18. The van der Waals surface area contributed by atoms with Crippen molar-refractivity contribution in [3.8, 4) is 0 Å². The van der Waals surface area contributed by atoms with Gasteiger partial charge in [-0.1, -0.05) is 20.8 Å². The Balaban J connectivity index is 1.89. The molecule has 5 heteroatoms. The number of amides is 1. The van der Waals surface area contributed by atoms with Crippen molar-refractivity contribution in [2.24, 2.45) is 0 Å². The number of hydrogen-bond donors (Lipinski definition) is 1. The van der Waals surface area contributed by atoms with Crippen molar-refractivity contribution in [3.63, 3.8) is 0 Å². The van der Waals surface area contributed by atoms with Gasteiger partial charge in [0.15, 0.2) is 8.32 Å². The number of rotatable bonds is 3. The second-order valence-electron chi connectivity index (χ2n) is 7.43. The summed E-state index contributed by atoms with van der Waals surface area (Å²) in [6, 6.07) is 0.292. The standard InChI is InChI=1S/C14H28N2O2Si/c1-14(2,3)19(4,5)18-10-11-9-16-8-6-7-12(16)13(17)15-11/h11-12H,6-10H2,1-5H3,(H,15,17). The molecule has 2 heterocycles. The summed E-state index contributed by atoms with van der Waals surface area (Å²) in [5.74, 6) is 0.201. The highest BCUT2D eigenvalue weighted by molar-refractivity contribution is 6.74. The molecule has 2 atom stereocenters. The minimum atomic E-state index is -1.71. The fourth-order valence-corrected chi connectivity index (χ4v) is 3.64. The molecule has 4 nitrogen and oxygen atoms in total. The number of nitrogens with zero attached hydrogens (tertiary/aromatic N) is 1. The van der Waals surface area contributed by atoms with Crippen LogP contribution in [0.3, 0.4) is 0 Å². The van der Waals surface area contributed by atoms with Gasteiger partial charge >= 0.3 is 0 Å². The highest BCUT2D eigenvalue weighted by atomic mass is 28.4. The first kappa shape index (κ1) is 15.0. The summed E-state index contributed by atoms with van der Waals surface area (Å²) < 4.78 is 6.23. The van der Waals surface area contributed by atoms with Gasteiger partial charge in [-0.25, -0.2) is 0 Å². The lowest BCUT2D eigenvalue weighted by Crippen LogP contribution is -2.60. The molecule has 2 aliphatic heterocycles. The van der Waals surface area contributed by atoms with Crippen LogP contribution < -0.4 is 5.32 Å². The lowest BCUT2D eigenvalue weighted by atomic mass is 10.1. The number of carbonyl (C=O) groups excluding carboxylic acids is 1. The van der Waals surface area contributed by atoms with E-state index in [9.17, 15) is 4.79 Å². The smallest absolute Gasteiger partial charge is 0.237 e. The van der Waals surface area contributed by atoms with Gasteiger partial charge in [-0.2, -0.15) is 0 Å². The molecule has 0 saturated carbocycles. The van der Waals surface area contributed by atoms with Crippen molar-refractivity contribution < 1.29 is 9.22 Å². The Morgan fingerprint density at radius 1 is 1.42 bits per heavy atom. The van der Waals surface area contributed by atoms with Crippen LogP contribution in [0, 0.1) is 0 Å². The lowest BCUT2D eigenvalue weighted by molar-refractivity contribution is -0.129. The molecule has 0 aromatic carbocycles. The molecule has 0 bridgehead atoms. The van der Waals surface area contributed by atoms with E-state index in [0.717, 1.165) is 25.9 Å². The molecule has 110 valence electrons. The number of piperazine rings is 1. The highest BCUT2D eigenvalue weighted by Crippen LogP contribution is 2.36. The first-order valence-electron chi connectivity index (χ1n) is 7.39. The Hall–Kier alpha value is -0.393. The van der Waals surface area contributed by atoms with Crippen LogP contribution in [0.1, 0.15) is 33.6 Å². The van der Waals surface area contributed by atoms with Crippen LogP contribution in [0.25, 0.3) is 0 Å². The fraction of sp³-hybridized carbons (Fsp3) is 0.929. The summed E-state index contributed by atoms with van der Waals surface area (Å²) in [6.45, 7) is 13.9. The van der Waals surface area contributed by atoms with Gasteiger partial charge < -0.3 is 9.74 Å². The summed E-state index contributed by atoms with van der Waals surface area (Å²) in [5, 5.41) is 3.35. The minimum absolute atomic E-state index is 0.129. The van der Waals surface area contributed by atoms with Gasteiger partial charge in [-0.15, -0.1) is 0 Å². The van der Waals surface area contributed by atoms with E-state index in [1.807, 2.05) is 0 Å². The Morgan fingerprint density at radius 3 is 2.74 bits per heavy atom. The topological polar surface area (TPSA) is 41.6 Å². The summed E-state index contributed by atoms with van der Waals surface area (Å²) in [6.07, 6.45) is 2.16. The third kappa shape index (κ3) is 3.20. The second-order valence-corrected chi connectivity index (χ2v) is 12.2. The molecular weight excluding hydrogens is 256 g/mol. The largest absolute Gasteiger partial charge is 0.415 e. The van der Waals surface area contributed by atoms with Crippen LogP contribution in [0.2, 0.25) is 18.1 Å². The van der Waals surface area contributed by atoms with Gasteiger partial charge in [0, 0.05) is 6.54 Å². The molecular formula is C14H28N2O2Si. The Kier molecular flexibility index (Phi) is 4.09. The quantitative estimate of drug-likeness (QED) is 0.806. The van der Waals surface area contributed by atoms with Crippen molar-refractivity contribution in [1.82, 2.24) is 10.2 Å². The Bertz CT molecular complexity index is 352. The third-order valence-corrected chi connectivity index (χ3v) is 9.42. The van der Waals surface area contributed by atoms with Crippen LogP contribution in [-0.2, 0) is 9.22 Å². The van der Waals surface area contributed by atoms with Gasteiger partial charge in [-0.05, 0) is 37.5 Å².